The summed E-state index contributed by atoms with van der Waals surface area (Å²) in [6.45, 7) is 2.98. The van der Waals surface area contributed by atoms with Gasteiger partial charge in [0.05, 0.1) is 37.0 Å². The fraction of sp³-hybridized carbons (Fsp3) is 0.341. The molecule has 3 aromatic carbocycles. The Labute approximate surface area is 308 Å². The van der Waals surface area contributed by atoms with E-state index in [9.17, 15) is 9.59 Å². The van der Waals surface area contributed by atoms with Crippen molar-refractivity contribution in [2.24, 2.45) is 0 Å². The van der Waals surface area contributed by atoms with Crippen molar-refractivity contribution in [1.29, 1.82) is 0 Å². The molecule has 0 spiro atoms. The standard InChI is InChI=1S/C41H46FN3O6S/c1-44(2)18-8-20-49-37-15-13-30(25-39(37)50-21-9-19-45(3)4)40-27-34-41(52-40)38(16-17-43-34)51-36-14-12-28(23-33(36)42)22-31(46)26-32(47)24-29-10-6-7-11-35(29)48-5/h6-7,10-17,23,25,27H,8-9,18-22,24,26H2,1-5H3. The molecule has 9 nitrogen and oxygen atoms in total. The predicted octanol–water partition coefficient (Wildman–Crippen LogP) is 7.88. The number of nitrogens with zero attached hydrogens (tertiary/aromatic N) is 3. The number of halogens is 1. The second-order valence-electron chi connectivity index (χ2n) is 13.1. The normalized spacial score (nSPS) is 11.3. The zero-order valence-corrected chi connectivity index (χ0v) is 31.3. The van der Waals surface area contributed by atoms with Crippen molar-refractivity contribution in [3.8, 4) is 39.2 Å². The molecular weight excluding hydrogens is 682 g/mol. The number of hydrogen-bond donors (Lipinski definition) is 0. The van der Waals surface area contributed by atoms with Gasteiger partial charge in [0.15, 0.2) is 23.1 Å². The number of benzene rings is 3. The molecule has 11 heteroatoms. The van der Waals surface area contributed by atoms with Crippen LogP contribution in [0.15, 0.2) is 79.0 Å². The number of rotatable bonds is 20. The minimum Gasteiger partial charge on any atom is -0.496 e. The third-order valence-electron chi connectivity index (χ3n) is 8.21. The molecule has 0 bridgehead atoms. The fourth-order valence-corrected chi connectivity index (χ4v) is 6.71. The number of carbonyl (C=O) groups is 2. The Hall–Kier alpha value is -4.84. The Bertz CT molecular complexity index is 1980. The van der Waals surface area contributed by atoms with Gasteiger partial charge in [-0.3, -0.25) is 14.6 Å². The van der Waals surface area contributed by atoms with Crippen LogP contribution < -0.4 is 18.9 Å². The molecule has 2 aromatic heterocycles. The highest BCUT2D eigenvalue weighted by Crippen LogP contribution is 2.42. The zero-order valence-electron chi connectivity index (χ0n) is 30.4. The number of thiophene rings is 1. The molecule has 0 radical (unpaired) electrons. The molecule has 52 heavy (non-hydrogen) atoms. The van der Waals surface area contributed by atoms with Gasteiger partial charge in [-0.2, -0.15) is 0 Å². The first-order valence-corrected chi connectivity index (χ1v) is 18.1. The van der Waals surface area contributed by atoms with Gasteiger partial charge in [-0.1, -0.05) is 24.3 Å². The van der Waals surface area contributed by atoms with Gasteiger partial charge in [-0.15, -0.1) is 11.3 Å². The predicted molar refractivity (Wildman–Crippen MR) is 204 cm³/mol. The summed E-state index contributed by atoms with van der Waals surface area (Å²) in [5.74, 6) is 1.35. The van der Waals surface area contributed by atoms with Gasteiger partial charge in [0.1, 0.15) is 23.1 Å². The van der Waals surface area contributed by atoms with Crippen molar-refractivity contribution in [3.05, 3.63) is 95.9 Å². The topological polar surface area (TPSA) is 90.4 Å². The minimum atomic E-state index is -0.607. The molecular formula is C41H46FN3O6S. The lowest BCUT2D eigenvalue weighted by Gasteiger charge is -2.16. The van der Waals surface area contributed by atoms with E-state index in [0.29, 0.717) is 41.8 Å². The Kier molecular flexibility index (Phi) is 13.7. The number of fused-ring (bicyclic) bond motifs is 1. The SMILES string of the molecule is COc1ccccc1CC(=O)CC(=O)Cc1ccc(Oc2ccnc3cc(-c4ccc(OCCCN(C)C)c(OCCCN(C)C)c4)sc23)c(F)c1. The van der Waals surface area contributed by atoms with Crippen LogP contribution in [0, 0.1) is 5.82 Å². The summed E-state index contributed by atoms with van der Waals surface area (Å²) >= 11 is 1.49. The number of pyridine rings is 1. The van der Waals surface area contributed by atoms with Crippen molar-refractivity contribution >= 4 is 33.1 Å². The van der Waals surface area contributed by atoms with Crippen LogP contribution in [-0.4, -0.2) is 88.0 Å². The highest BCUT2D eigenvalue weighted by atomic mass is 32.1. The summed E-state index contributed by atoms with van der Waals surface area (Å²) in [6.07, 6.45) is 3.18. The lowest BCUT2D eigenvalue weighted by atomic mass is 10.0. The fourth-order valence-electron chi connectivity index (χ4n) is 5.65. The maximum Gasteiger partial charge on any atom is 0.166 e. The molecule has 0 unspecified atom stereocenters. The van der Waals surface area contributed by atoms with E-state index in [1.54, 1.807) is 30.5 Å². The molecule has 0 saturated carbocycles. The Balaban J connectivity index is 1.27. The minimum absolute atomic E-state index is 0.0232. The number of carbonyl (C=O) groups excluding carboxylic acids is 2. The monoisotopic (exact) mass is 727 g/mol. The molecule has 5 aromatic rings. The number of ether oxygens (including phenoxy) is 4. The van der Waals surface area contributed by atoms with Crippen LogP contribution in [0.25, 0.3) is 20.7 Å². The molecule has 0 fully saturated rings. The van der Waals surface area contributed by atoms with Crippen LogP contribution in [0.3, 0.4) is 0 Å². The second-order valence-corrected chi connectivity index (χ2v) is 14.1. The maximum absolute atomic E-state index is 15.3. The number of aromatic nitrogens is 1. The lowest BCUT2D eigenvalue weighted by molar-refractivity contribution is -0.126. The number of Topliss-reactive ketones (excluding diaryl/α,β-unsaturated/α-hetero) is 2. The van der Waals surface area contributed by atoms with Gasteiger partial charge in [0.25, 0.3) is 0 Å². The van der Waals surface area contributed by atoms with Crippen LogP contribution >= 0.6 is 11.3 Å². The molecule has 0 aliphatic carbocycles. The number of para-hydroxylation sites is 1. The van der Waals surface area contributed by atoms with Crippen molar-refractivity contribution in [2.75, 3.05) is 61.6 Å². The van der Waals surface area contributed by atoms with Crippen molar-refractivity contribution in [3.63, 3.8) is 0 Å². The summed E-state index contributed by atoms with van der Waals surface area (Å²) in [4.78, 5) is 35.0. The smallest absolute Gasteiger partial charge is 0.166 e. The lowest BCUT2D eigenvalue weighted by Crippen LogP contribution is -2.16. The molecule has 0 aliphatic heterocycles. The summed E-state index contributed by atoms with van der Waals surface area (Å²) in [5.41, 5.74) is 2.84. The van der Waals surface area contributed by atoms with Gasteiger partial charge in [0.2, 0.25) is 0 Å². The molecule has 0 saturated heterocycles. The molecule has 5 rings (SSSR count). The molecule has 0 aliphatic rings. The second kappa shape index (κ2) is 18.6. The molecule has 0 amide bonds. The first kappa shape index (κ1) is 38.4. The van der Waals surface area contributed by atoms with E-state index in [4.69, 9.17) is 18.9 Å². The zero-order chi connectivity index (χ0) is 37.0. The summed E-state index contributed by atoms with van der Waals surface area (Å²) in [7, 11) is 9.70. The third-order valence-corrected chi connectivity index (χ3v) is 9.40. The Morgan fingerprint density at radius 1 is 0.750 bits per heavy atom. The van der Waals surface area contributed by atoms with Crippen molar-refractivity contribution in [1.82, 2.24) is 14.8 Å². The first-order valence-electron chi connectivity index (χ1n) is 17.3. The molecule has 2 heterocycles. The van der Waals surface area contributed by atoms with E-state index in [0.717, 1.165) is 52.2 Å². The molecule has 0 atom stereocenters. The number of ketones is 2. The van der Waals surface area contributed by atoms with Gasteiger partial charge < -0.3 is 28.7 Å². The van der Waals surface area contributed by atoms with Gasteiger partial charge in [-0.05, 0) is 94.6 Å². The Morgan fingerprint density at radius 3 is 2.15 bits per heavy atom. The average molecular weight is 728 g/mol. The first-order chi connectivity index (χ1) is 25.1. The van der Waals surface area contributed by atoms with Crippen molar-refractivity contribution in [2.45, 2.75) is 32.1 Å². The summed E-state index contributed by atoms with van der Waals surface area (Å²) < 4.78 is 39.8. The van der Waals surface area contributed by atoms with E-state index in [1.165, 1.54) is 30.6 Å². The van der Waals surface area contributed by atoms with E-state index in [1.807, 2.05) is 64.6 Å². The largest absolute Gasteiger partial charge is 0.496 e. The van der Waals surface area contributed by atoms with Gasteiger partial charge in [0, 0.05) is 48.6 Å². The van der Waals surface area contributed by atoms with E-state index >= 15 is 4.39 Å². The van der Waals surface area contributed by atoms with Crippen molar-refractivity contribution < 1.29 is 32.9 Å². The quantitative estimate of drug-likeness (QED) is 0.0587. The van der Waals surface area contributed by atoms with Crippen LogP contribution in [0.5, 0.6) is 28.7 Å². The van der Waals surface area contributed by atoms with Crippen LogP contribution in [0.1, 0.15) is 30.4 Å². The summed E-state index contributed by atoms with van der Waals surface area (Å²) in [5, 5.41) is 0. The van der Waals surface area contributed by atoms with Crippen LogP contribution in [0.2, 0.25) is 0 Å². The molecule has 0 N–H and O–H groups in total. The van der Waals surface area contributed by atoms with E-state index in [-0.39, 0.29) is 36.6 Å². The summed E-state index contributed by atoms with van der Waals surface area (Å²) in [6, 6.07) is 21.3. The van der Waals surface area contributed by atoms with E-state index in [2.05, 4.69) is 14.8 Å². The Morgan fingerprint density at radius 2 is 1.44 bits per heavy atom. The van der Waals surface area contributed by atoms with Crippen LogP contribution in [-0.2, 0) is 22.4 Å². The molecule has 274 valence electrons. The maximum atomic E-state index is 15.3. The highest BCUT2D eigenvalue weighted by molar-refractivity contribution is 7.22. The van der Waals surface area contributed by atoms with E-state index < -0.39 is 5.82 Å². The van der Waals surface area contributed by atoms with Gasteiger partial charge >= 0.3 is 0 Å². The number of hydrogen-bond acceptors (Lipinski definition) is 10. The average Bonchev–Trinajstić information content (AvgIpc) is 3.55. The number of methoxy groups -OCH3 is 1. The van der Waals surface area contributed by atoms with Crippen LogP contribution in [0.4, 0.5) is 4.39 Å². The highest BCUT2D eigenvalue weighted by Gasteiger charge is 2.17. The van der Waals surface area contributed by atoms with Gasteiger partial charge in [-0.25, -0.2) is 4.39 Å². The third kappa shape index (κ3) is 10.8.